The standard InChI is InChI=1S/C17H24N4O4/c1-11-6-12(2)21(16(25)18-11)8-14(22)20-7-13-4-5-19(3)9-17(13,10-20)15(23)24/h6,13H,4-5,7-10H2,1-3H3,(H,23,24)/t13-,17-/m0/s1. The minimum atomic E-state index is -0.909. The van der Waals surface area contributed by atoms with Gasteiger partial charge in [-0.3, -0.25) is 14.2 Å². The molecule has 2 atom stereocenters. The first-order valence-corrected chi connectivity index (χ1v) is 8.48. The first-order valence-electron chi connectivity index (χ1n) is 8.48. The van der Waals surface area contributed by atoms with E-state index in [0.717, 1.165) is 13.0 Å². The van der Waals surface area contributed by atoms with E-state index in [1.807, 2.05) is 11.9 Å². The number of rotatable bonds is 3. The Morgan fingerprint density at radius 2 is 2.08 bits per heavy atom. The molecule has 1 N–H and O–H groups in total. The van der Waals surface area contributed by atoms with Gasteiger partial charge in [-0.25, -0.2) is 4.79 Å². The molecule has 1 amide bonds. The minimum absolute atomic E-state index is 0.0425. The topological polar surface area (TPSA) is 95.7 Å². The van der Waals surface area contributed by atoms with Gasteiger partial charge in [0.1, 0.15) is 12.0 Å². The van der Waals surface area contributed by atoms with E-state index in [9.17, 15) is 19.5 Å². The lowest BCUT2D eigenvalue weighted by molar-refractivity contribution is -0.154. The van der Waals surface area contributed by atoms with Crippen LogP contribution in [0.3, 0.4) is 0 Å². The van der Waals surface area contributed by atoms with Gasteiger partial charge < -0.3 is 14.9 Å². The summed E-state index contributed by atoms with van der Waals surface area (Å²) in [5.74, 6) is -1.11. The number of carboxylic acid groups (broad SMARTS) is 1. The number of aryl methyl sites for hydroxylation is 2. The van der Waals surface area contributed by atoms with Crippen LogP contribution in [0.5, 0.6) is 0 Å². The summed E-state index contributed by atoms with van der Waals surface area (Å²) in [6.07, 6.45) is 0.762. The van der Waals surface area contributed by atoms with Crippen LogP contribution in [0.25, 0.3) is 0 Å². The zero-order chi connectivity index (χ0) is 18.4. The Balaban J connectivity index is 1.81. The van der Waals surface area contributed by atoms with E-state index in [-0.39, 0.29) is 24.9 Å². The molecule has 0 spiro atoms. The fourth-order valence-electron chi connectivity index (χ4n) is 4.16. The first-order chi connectivity index (χ1) is 11.7. The minimum Gasteiger partial charge on any atom is -0.481 e. The van der Waals surface area contributed by atoms with E-state index in [2.05, 4.69) is 4.98 Å². The molecule has 0 saturated carbocycles. The van der Waals surface area contributed by atoms with Gasteiger partial charge in [0.25, 0.3) is 0 Å². The van der Waals surface area contributed by atoms with Crippen molar-refractivity contribution >= 4 is 11.9 Å². The predicted octanol–water partition coefficient (Wildman–Crippen LogP) is -0.275. The van der Waals surface area contributed by atoms with E-state index >= 15 is 0 Å². The summed E-state index contributed by atoms with van der Waals surface area (Å²) in [6, 6.07) is 1.76. The molecular formula is C17H24N4O4. The van der Waals surface area contributed by atoms with Gasteiger partial charge in [0.2, 0.25) is 5.91 Å². The van der Waals surface area contributed by atoms with Crippen LogP contribution in [0.1, 0.15) is 17.8 Å². The van der Waals surface area contributed by atoms with Crippen LogP contribution in [-0.4, -0.2) is 69.6 Å². The first kappa shape index (κ1) is 17.6. The molecule has 8 heteroatoms. The van der Waals surface area contributed by atoms with Crippen LogP contribution in [0.2, 0.25) is 0 Å². The van der Waals surface area contributed by atoms with Crippen molar-refractivity contribution in [3.05, 3.63) is 27.9 Å². The van der Waals surface area contributed by atoms with Gasteiger partial charge in [-0.2, -0.15) is 4.98 Å². The van der Waals surface area contributed by atoms with Crippen molar-refractivity contribution in [3.63, 3.8) is 0 Å². The molecule has 0 aromatic carbocycles. The number of fused-ring (bicyclic) bond motifs is 1. The Hall–Kier alpha value is -2.22. The van der Waals surface area contributed by atoms with Gasteiger partial charge in [-0.1, -0.05) is 0 Å². The van der Waals surface area contributed by atoms with Gasteiger partial charge in [0.05, 0.1) is 0 Å². The number of aromatic nitrogens is 2. The number of carboxylic acids is 1. The van der Waals surface area contributed by atoms with Crippen molar-refractivity contribution in [2.75, 3.05) is 33.2 Å². The quantitative estimate of drug-likeness (QED) is 0.808. The molecule has 3 rings (SSSR count). The van der Waals surface area contributed by atoms with Crippen LogP contribution < -0.4 is 5.69 Å². The van der Waals surface area contributed by atoms with Crippen molar-refractivity contribution in [2.24, 2.45) is 11.3 Å². The third kappa shape index (κ3) is 3.06. The third-order valence-corrected chi connectivity index (χ3v) is 5.53. The molecule has 2 fully saturated rings. The van der Waals surface area contributed by atoms with Crippen molar-refractivity contribution in [1.82, 2.24) is 19.4 Å². The number of piperidine rings is 1. The SMILES string of the molecule is Cc1cc(C)n(CC(=O)N2C[C@@H]3CCN(C)C[C@]3(C(=O)O)C2)c(=O)n1. The zero-order valence-electron chi connectivity index (χ0n) is 14.9. The van der Waals surface area contributed by atoms with E-state index in [4.69, 9.17) is 0 Å². The molecular weight excluding hydrogens is 324 g/mol. The lowest BCUT2D eigenvalue weighted by Crippen LogP contribution is -2.52. The smallest absolute Gasteiger partial charge is 0.348 e. The molecule has 1 aromatic rings. The second-order valence-corrected chi connectivity index (χ2v) is 7.37. The van der Waals surface area contributed by atoms with Gasteiger partial charge in [-0.05, 0) is 45.8 Å². The number of carbonyl (C=O) groups is 2. The number of nitrogens with zero attached hydrogens (tertiary/aromatic N) is 4. The summed E-state index contributed by atoms with van der Waals surface area (Å²) in [6.45, 7) is 5.31. The second kappa shape index (κ2) is 6.25. The molecule has 0 unspecified atom stereocenters. The van der Waals surface area contributed by atoms with Gasteiger partial charge in [-0.15, -0.1) is 0 Å². The zero-order valence-corrected chi connectivity index (χ0v) is 14.9. The van der Waals surface area contributed by atoms with Crippen molar-refractivity contribution < 1.29 is 14.7 Å². The van der Waals surface area contributed by atoms with Gasteiger partial charge in [0.15, 0.2) is 0 Å². The lowest BCUT2D eigenvalue weighted by atomic mass is 9.73. The van der Waals surface area contributed by atoms with Crippen molar-refractivity contribution in [3.8, 4) is 0 Å². The number of hydrogen-bond acceptors (Lipinski definition) is 5. The molecule has 25 heavy (non-hydrogen) atoms. The van der Waals surface area contributed by atoms with Gasteiger partial charge in [0, 0.05) is 31.0 Å². The van der Waals surface area contributed by atoms with Crippen molar-refractivity contribution in [2.45, 2.75) is 26.8 Å². The Kier molecular flexibility index (Phi) is 4.40. The number of likely N-dealkylation sites (tertiary alicyclic amines) is 2. The molecule has 2 aliphatic heterocycles. The molecule has 0 radical (unpaired) electrons. The average Bonchev–Trinajstić information content (AvgIpc) is 2.90. The molecule has 0 bridgehead atoms. The average molecular weight is 348 g/mol. The normalized spacial score (nSPS) is 26.5. The summed E-state index contributed by atoms with van der Waals surface area (Å²) in [4.78, 5) is 44.2. The largest absolute Gasteiger partial charge is 0.481 e. The second-order valence-electron chi connectivity index (χ2n) is 7.37. The fourth-order valence-corrected chi connectivity index (χ4v) is 4.16. The van der Waals surface area contributed by atoms with Gasteiger partial charge >= 0.3 is 11.7 Å². The summed E-state index contributed by atoms with van der Waals surface area (Å²) in [5.41, 5.74) is -0.0645. The Morgan fingerprint density at radius 1 is 1.36 bits per heavy atom. The molecule has 0 aliphatic carbocycles. The van der Waals surface area contributed by atoms with E-state index in [0.29, 0.717) is 24.5 Å². The molecule has 2 saturated heterocycles. The Labute approximate surface area is 146 Å². The molecule has 8 nitrogen and oxygen atoms in total. The maximum atomic E-state index is 12.7. The van der Waals surface area contributed by atoms with Crippen LogP contribution in [-0.2, 0) is 16.1 Å². The third-order valence-electron chi connectivity index (χ3n) is 5.53. The summed E-state index contributed by atoms with van der Waals surface area (Å²) >= 11 is 0. The molecule has 1 aromatic heterocycles. The summed E-state index contributed by atoms with van der Waals surface area (Å²) < 4.78 is 1.34. The van der Waals surface area contributed by atoms with Crippen LogP contribution in [0, 0.1) is 25.2 Å². The maximum absolute atomic E-state index is 12.7. The lowest BCUT2D eigenvalue weighted by Gasteiger charge is -2.39. The number of hydrogen-bond donors (Lipinski definition) is 1. The highest BCUT2D eigenvalue weighted by atomic mass is 16.4. The molecule has 136 valence electrons. The molecule has 2 aliphatic rings. The monoisotopic (exact) mass is 348 g/mol. The van der Waals surface area contributed by atoms with E-state index in [1.54, 1.807) is 24.8 Å². The number of carbonyl (C=O) groups excluding carboxylic acids is 1. The highest BCUT2D eigenvalue weighted by Crippen LogP contribution is 2.42. The summed E-state index contributed by atoms with van der Waals surface area (Å²) in [5, 5.41) is 9.80. The Morgan fingerprint density at radius 3 is 2.72 bits per heavy atom. The van der Waals surface area contributed by atoms with Crippen LogP contribution in [0.4, 0.5) is 0 Å². The number of aliphatic carboxylic acids is 1. The van der Waals surface area contributed by atoms with Crippen molar-refractivity contribution in [1.29, 1.82) is 0 Å². The highest BCUT2D eigenvalue weighted by molar-refractivity contribution is 5.81. The summed E-state index contributed by atoms with van der Waals surface area (Å²) in [7, 11) is 1.91. The van der Waals surface area contributed by atoms with E-state index < -0.39 is 17.1 Å². The highest BCUT2D eigenvalue weighted by Gasteiger charge is 2.55. The number of amides is 1. The predicted molar refractivity (Wildman–Crippen MR) is 90.2 cm³/mol. The maximum Gasteiger partial charge on any atom is 0.348 e. The van der Waals surface area contributed by atoms with Crippen LogP contribution in [0.15, 0.2) is 10.9 Å². The van der Waals surface area contributed by atoms with E-state index in [1.165, 1.54) is 4.57 Å². The fraction of sp³-hybridized carbons (Fsp3) is 0.647. The Bertz CT molecular complexity index is 774. The van der Waals surface area contributed by atoms with Crippen LogP contribution >= 0.6 is 0 Å². The molecule has 3 heterocycles.